The van der Waals surface area contributed by atoms with E-state index in [1.165, 1.54) is 11.3 Å². The highest BCUT2D eigenvalue weighted by Gasteiger charge is 2.27. The minimum atomic E-state index is -0.00824. The third-order valence-electron chi connectivity index (χ3n) is 5.43. The van der Waals surface area contributed by atoms with Gasteiger partial charge < -0.3 is 5.32 Å². The van der Waals surface area contributed by atoms with Crippen LogP contribution in [0, 0.1) is 6.92 Å². The van der Waals surface area contributed by atoms with E-state index in [9.17, 15) is 9.59 Å². The zero-order chi connectivity index (χ0) is 19.5. The number of carbonyl (C=O) groups excluding carboxylic acids is 2. The van der Waals surface area contributed by atoms with Crippen molar-refractivity contribution >= 4 is 39.8 Å². The number of hydrogen-bond donors (Lipinski definition) is 1. The van der Waals surface area contributed by atoms with Crippen LogP contribution in [-0.4, -0.2) is 42.0 Å². The summed E-state index contributed by atoms with van der Waals surface area (Å²) in [6.45, 7) is 4.40. The van der Waals surface area contributed by atoms with Crippen molar-refractivity contribution in [2.45, 2.75) is 38.4 Å². The first kappa shape index (κ1) is 19.7. The minimum absolute atomic E-state index is 0.00824. The molecule has 1 aromatic heterocycles. The van der Waals surface area contributed by atoms with E-state index in [-0.39, 0.29) is 11.7 Å². The van der Waals surface area contributed by atoms with Crippen LogP contribution in [0.2, 0.25) is 0 Å². The molecule has 0 unspecified atom stereocenters. The summed E-state index contributed by atoms with van der Waals surface area (Å²) in [6, 6.07) is 7.71. The predicted octanol–water partition coefficient (Wildman–Crippen LogP) is 4.50. The highest BCUT2D eigenvalue weighted by atomic mass is 32.2. The molecule has 4 rings (SSSR count). The second kappa shape index (κ2) is 8.80. The second-order valence-electron chi connectivity index (χ2n) is 7.59. The van der Waals surface area contributed by atoms with Crippen molar-refractivity contribution in [3.05, 3.63) is 51.4 Å². The van der Waals surface area contributed by atoms with Gasteiger partial charge in [-0.15, -0.1) is 11.3 Å². The van der Waals surface area contributed by atoms with Gasteiger partial charge in [0, 0.05) is 16.2 Å². The summed E-state index contributed by atoms with van der Waals surface area (Å²) in [5.41, 5.74) is 3.69. The highest BCUT2D eigenvalue weighted by molar-refractivity contribution is 7.98. The van der Waals surface area contributed by atoms with E-state index in [1.807, 2.05) is 43.0 Å². The van der Waals surface area contributed by atoms with Crippen molar-refractivity contribution in [2.75, 3.05) is 30.7 Å². The Balaban J connectivity index is 1.59. The largest absolute Gasteiger partial charge is 0.316 e. The number of anilines is 1. The molecule has 0 saturated carbocycles. The number of rotatable bonds is 5. The summed E-state index contributed by atoms with van der Waals surface area (Å²) < 4.78 is 0. The van der Waals surface area contributed by atoms with Crippen molar-refractivity contribution in [1.29, 1.82) is 0 Å². The summed E-state index contributed by atoms with van der Waals surface area (Å²) in [5, 5.41) is 3.82. The average molecular weight is 415 g/mol. The fraction of sp³-hybridized carbons (Fsp3) is 0.455. The zero-order valence-electron chi connectivity index (χ0n) is 16.3. The number of carbonyl (C=O) groups is 2. The molecule has 2 aliphatic heterocycles. The van der Waals surface area contributed by atoms with E-state index in [0.717, 1.165) is 65.5 Å². The van der Waals surface area contributed by atoms with E-state index in [2.05, 4.69) is 10.2 Å². The highest BCUT2D eigenvalue weighted by Crippen LogP contribution is 2.40. The molecule has 0 spiro atoms. The number of amides is 1. The van der Waals surface area contributed by atoms with Crippen molar-refractivity contribution in [3.8, 4) is 0 Å². The quantitative estimate of drug-likeness (QED) is 0.732. The first-order valence-electron chi connectivity index (χ1n) is 9.97. The summed E-state index contributed by atoms with van der Waals surface area (Å²) in [5.74, 6) is 1.97. The van der Waals surface area contributed by atoms with Gasteiger partial charge in [0.1, 0.15) is 5.00 Å². The Kier molecular flexibility index (Phi) is 6.19. The van der Waals surface area contributed by atoms with Gasteiger partial charge in [-0.05, 0) is 50.6 Å². The third-order valence-corrected chi connectivity index (χ3v) is 7.75. The Morgan fingerprint density at radius 3 is 2.61 bits per heavy atom. The number of thioether (sulfide) groups is 1. The number of piperidine rings is 1. The molecule has 148 valence electrons. The first-order valence-corrected chi connectivity index (χ1v) is 11.9. The normalized spacial score (nSPS) is 17.2. The number of benzene rings is 1. The van der Waals surface area contributed by atoms with Gasteiger partial charge in [0.2, 0.25) is 5.91 Å². The molecule has 0 radical (unpaired) electrons. The molecule has 6 heteroatoms. The minimum Gasteiger partial charge on any atom is -0.316 e. The smallest absolute Gasteiger partial charge is 0.239 e. The van der Waals surface area contributed by atoms with Crippen molar-refractivity contribution in [3.63, 3.8) is 0 Å². The van der Waals surface area contributed by atoms with Crippen LogP contribution in [0.3, 0.4) is 0 Å². The standard InChI is InChI=1S/C22H26N2O2S2/c1-15-5-7-16(8-6-15)21(26)20-17-9-12-27-14-18(17)28-22(20)23-19(25)13-24-10-3-2-4-11-24/h5-8H,2-4,9-14H2,1H3,(H,23,25). The number of fused-ring (bicyclic) bond motifs is 1. The lowest BCUT2D eigenvalue weighted by Gasteiger charge is -2.25. The molecule has 1 N–H and O–H groups in total. The predicted molar refractivity (Wildman–Crippen MR) is 118 cm³/mol. The molecule has 1 aromatic carbocycles. The van der Waals surface area contributed by atoms with Crippen LogP contribution >= 0.6 is 23.1 Å². The lowest BCUT2D eigenvalue weighted by Crippen LogP contribution is -2.36. The van der Waals surface area contributed by atoms with Crippen LogP contribution in [0.1, 0.15) is 51.2 Å². The SMILES string of the molecule is Cc1ccc(C(=O)c2c(NC(=O)CN3CCCCC3)sc3c2CCSC3)cc1. The van der Waals surface area contributed by atoms with Crippen LogP contribution in [0.4, 0.5) is 5.00 Å². The number of aryl methyl sites for hydroxylation is 1. The fourth-order valence-electron chi connectivity index (χ4n) is 3.90. The molecule has 1 saturated heterocycles. The molecule has 1 amide bonds. The monoisotopic (exact) mass is 414 g/mol. The maximum atomic E-state index is 13.3. The van der Waals surface area contributed by atoms with Gasteiger partial charge in [0.15, 0.2) is 5.78 Å². The lowest BCUT2D eigenvalue weighted by molar-refractivity contribution is -0.117. The number of likely N-dealkylation sites (tertiary alicyclic amines) is 1. The molecule has 2 aliphatic rings. The first-order chi connectivity index (χ1) is 13.6. The van der Waals surface area contributed by atoms with Crippen LogP contribution in [-0.2, 0) is 17.0 Å². The zero-order valence-corrected chi connectivity index (χ0v) is 17.9. The Hall–Kier alpha value is -1.63. The molecule has 1 fully saturated rings. The average Bonchev–Trinajstić information content (AvgIpc) is 3.06. The van der Waals surface area contributed by atoms with E-state index in [1.54, 1.807) is 11.3 Å². The molecule has 2 aromatic rings. The molecule has 0 bridgehead atoms. The van der Waals surface area contributed by atoms with Crippen molar-refractivity contribution < 1.29 is 9.59 Å². The number of hydrogen-bond acceptors (Lipinski definition) is 5. The Morgan fingerprint density at radius 2 is 1.86 bits per heavy atom. The number of nitrogens with one attached hydrogen (secondary N) is 1. The number of ketones is 1. The van der Waals surface area contributed by atoms with E-state index in [4.69, 9.17) is 0 Å². The van der Waals surface area contributed by atoms with E-state index in [0.29, 0.717) is 12.1 Å². The van der Waals surface area contributed by atoms with Crippen LogP contribution in [0.25, 0.3) is 0 Å². The molecular weight excluding hydrogens is 388 g/mol. The maximum Gasteiger partial charge on any atom is 0.239 e. The molecule has 0 atom stereocenters. The fourth-order valence-corrected chi connectivity index (χ4v) is 6.29. The van der Waals surface area contributed by atoms with Crippen LogP contribution in [0.5, 0.6) is 0 Å². The summed E-state index contributed by atoms with van der Waals surface area (Å²) in [7, 11) is 0. The summed E-state index contributed by atoms with van der Waals surface area (Å²) >= 11 is 3.48. The summed E-state index contributed by atoms with van der Waals surface area (Å²) in [4.78, 5) is 29.5. The van der Waals surface area contributed by atoms with Gasteiger partial charge in [0.05, 0.1) is 12.1 Å². The van der Waals surface area contributed by atoms with E-state index < -0.39 is 0 Å². The molecule has 28 heavy (non-hydrogen) atoms. The van der Waals surface area contributed by atoms with Gasteiger partial charge >= 0.3 is 0 Å². The van der Waals surface area contributed by atoms with Gasteiger partial charge in [-0.2, -0.15) is 11.8 Å². The second-order valence-corrected chi connectivity index (χ2v) is 9.80. The van der Waals surface area contributed by atoms with E-state index >= 15 is 0 Å². The number of thiophene rings is 1. The lowest BCUT2D eigenvalue weighted by atomic mass is 9.98. The summed E-state index contributed by atoms with van der Waals surface area (Å²) in [6.07, 6.45) is 4.47. The van der Waals surface area contributed by atoms with Gasteiger partial charge in [-0.25, -0.2) is 0 Å². The molecular formula is C22H26N2O2S2. The van der Waals surface area contributed by atoms with Gasteiger partial charge in [0.25, 0.3) is 0 Å². The van der Waals surface area contributed by atoms with Crippen LogP contribution < -0.4 is 5.32 Å². The third kappa shape index (κ3) is 4.34. The number of nitrogens with zero attached hydrogens (tertiary/aromatic N) is 1. The van der Waals surface area contributed by atoms with Crippen molar-refractivity contribution in [2.24, 2.45) is 0 Å². The molecule has 0 aliphatic carbocycles. The molecule has 3 heterocycles. The maximum absolute atomic E-state index is 13.3. The van der Waals surface area contributed by atoms with Gasteiger partial charge in [-0.1, -0.05) is 36.2 Å². The Labute approximate surface area is 174 Å². The molecule has 4 nitrogen and oxygen atoms in total. The van der Waals surface area contributed by atoms with Gasteiger partial charge in [-0.3, -0.25) is 14.5 Å². The Morgan fingerprint density at radius 1 is 1.11 bits per heavy atom. The van der Waals surface area contributed by atoms with Crippen LogP contribution in [0.15, 0.2) is 24.3 Å². The topological polar surface area (TPSA) is 49.4 Å². The van der Waals surface area contributed by atoms with Crippen molar-refractivity contribution in [1.82, 2.24) is 4.90 Å². The Bertz CT molecular complexity index is 867.